The highest BCUT2D eigenvalue weighted by molar-refractivity contribution is 5.90. The Kier molecular flexibility index (Phi) is 6.64. The molecule has 1 aliphatic heterocycles. The number of carboxylic acid groups (broad SMARTS) is 1. The topological polar surface area (TPSA) is 95.9 Å². The number of likely N-dealkylation sites (tertiary alicyclic amines) is 1. The fourth-order valence-electron chi connectivity index (χ4n) is 2.89. The first-order valence-electron chi connectivity index (χ1n) is 7.76. The normalized spacial score (nSPS) is 23.7. The van der Waals surface area contributed by atoms with Crippen LogP contribution in [0.25, 0.3) is 0 Å². The molecule has 0 spiro atoms. The van der Waals surface area contributed by atoms with Crippen molar-refractivity contribution in [2.45, 2.75) is 64.6 Å². The van der Waals surface area contributed by atoms with Gasteiger partial charge in [0.1, 0.15) is 12.1 Å². The van der Waals surface area contributed by atoms with Crippen molar-refractivity contribution in [1.29, 1.82) is 0 Å². The molecule has 1 fully saturated rings. The summed E-state index contributed by atoms with van der Waals surface area (Å²) < 4.78 is 4.58. The number of amides is 2. The molecule has 0 aliphatic carbocycles. The first-order valence-corrected chi connectivity index (χ1v) is 7.76. The lowest BCUT2D eigenvalue weighted by Crippen LogP contribution is -2.56. The maximum Gasteiger partial charge on any atom is 0.407 e. The lowest BCUT2D eigenvalue weighted by Gasteiger charge is -2.33. The number of methoxy groups -OCH3 is 1. The summed E-state index contributed by atoms with van der Waals surface area (Å²) in [6.07, 6.45) is 1.82. The predicted octanol–water partition coefficient (Wildman–Crippen LogP) is 1.61. The lowest BCUT2D eigenvalue weighted by molar-refractivity contribution is -0.151. The summed E-state index contributed by atoms with van der Waals surface area (Å²) in [4.78, 5) is 37.2. The number of aliphatic carboxylic acids is 1. The summed E-state index contributed by atoms with van der Waals surface area (Å²) in [5, 5.41) is 11.9. The van der Waals surface area contributed by atoms with Crippen molar-refractivity contribution in [2.75, 3.05) is 7.11 Å². The molecule has 1 rings (SSSR count). The third-order valence-corrected chi connectivity index (χ3v) is 4.45. The van der Waals surface area contributed by atoms with Gasteiger partial charge in [-0.15, -0.1) is 0 Å². The lowest BCUT2D eigenvalue weighted by atomic mass is 9.97. The number of nitrogens with one attached hydrogen (secondary N) is 1. The first kappa shape index (κ1) is 18.3. The van der Waals surface area contributed by atoms with Gasteiger partial charge in [-0.05, 0) is 25.2 Å². The van der Waals surface area contributed by atoms with Crippen LogP contribution in [-0.2, 0) is 14.3 Å². The molecule has 0 radical (unpaired) electrons. The summed E-state index contributed by atoms with van der Waals surface area (Å²) in [6, 6.07) is -1.69. The Hall–Kier alpha value is -1.79. The van der Waals surface area contributed by atoms with E-state index in [2.05, 4.69) is 10.1 Å². The number of alkyl carbamates (subject to hydrolysis) is 1. The second-order valence-electron chi connectivity index (χ2n) is 5.74. The molecule has 4 atom stereocenters. The maximum atomic E-state index is 12.9. The summed E-state index contributed by atoms with van der Waals surface area (Å²) in [7, 11) is 1.23. The van der Waals surface area contributed by atoms with Crippen LogP contribution in [0.1, 0.15) is 46.5 Å². The summed E-state index contributed by atoms with van der Waals surface area (Å²) in [5.74, 6) is -1.44. The van der Waals surface area contributed by atoms with Crippen molar-refractivity contribution in [2.24, 2.45) is 5.92 Å². The van der Waals surface area contributed by atoms with E-state index >= 15 is 0 Å². The van der Waals surface area contributed by atoms with Gasteiger partial charge in [0, 0.05) is 6.04 Å². The number of hydrogen-bond donors (Lipinski definition) is 2. The number of hydrogen-bond acceptors (Lipinski definition) is 4. The zero-order valence-corrected chi connectivity index (χ0v) is 13.7. The Morgan fingerprint density at radius 3 is 2.41 bits per heavy atom. The van der Waals surface area contributed by atoms with E-state index in [1.807, 2.05) is 20.8 Å². The summed E-state index contributed by atoms with van der Waals surface area (Å²) in [6.45, 7) is 5.70. The number of ether oxygens (including phenoxy) is 1. The monoisotopic (exact) mass is 314 g/mol. The molecule has 7 nitrogen and oxygen atoms in total. The van der Waals surface area contributed by atoms with Crippen LogP contribution in [0, 0.1) is 5.92 Å². The van der Waals surface area contributed by atoms with Gasteiger partial charge in [-0.25, -0.2) is 9.59 Å². The molecule has 7 heteroatoms. The van der Waals surface area contributed by atoms with Gasteiger partial charge in [-0.3, -0.25) is 4.79 Å². The molecular weight excluding hydrogens is 288 g/mol. The molecule has 0 aromatic carbocycles. The van der Waals surface area contributed by atoms with Crippen LogP contribution in [0.15, 0.2) is 0 Å². The van der Waals surface area contributed by atoms with E-state index in [-0.39, 0.29) is 17.9 Å². The van der Waals surface area contributed by atoms with E-state index in [1.165, 1.54) is 12.0 Å². The Labute approximate surface area is 131 Å². The van der Waals surface area contributed by atoms with Crippen LogP contribution in [0.4, 0.5) is 4.79 Å². The minimum absolute atomic E-state index is 0.0976. The highest BCUT2D eigenvalue weighted by atomic mass is 16.5. The fraction of sp³-hybridized carbons (Fsp3) is 0.800. The molecular formula is C15H26N2O5. The maximum absolute atomic E-state index is 12.9. The van der Waals surface area contributed by atoms with Crippen LogP contribution < -0.4 is 5.32 Å². The van der Waals surface area contributed by atoms with Crippen molar-refractivity contribution in [3.05, 3.63) is 0 Å². The molecule has 1 saturated heterocycles. The van der Waals surface area contributed by atoms with E-state index < -0.39 is 24.1 Å². The zero-order valence-electron chi connectivity index (χ0n) is 13.7. The van der Waals surface area contributed by atoms with Gasteiger partial charge in [-0.2, -0.15) is 0 Å². The smallest absolute Gasteiger partial charge is 0.407 e. The van der Waals surface area contributed by atoms with Gasteiger partial charge in [0.15, 0.2) is 0 Å². The molecule has 22 heavy (non-hydrogen) atoms. The number of nitrogens with zero attached hydrogens (tertiary/aromatic N) is 1. The van der Waals surface area contributed by atoms with Crippen LogP contribution >= 0.6 is 0 Å². The van der Waals surface area contributed by atoms with Gasteiger partial charge < -0.3 is 20.1 Å². The fourth-order valence-corrected chi connectivity index (χ4v) is 2.89. The van der Waals surface area contributed by atoms with Crippen molar-refractivity contribution in [3.8, 4) is 0 Å². The Bertz CT molecular complexity index is 426. The molecule has 0 bridgehead atoms. The molecule has 0 aromatic rings. The standard InChI is InChI=1S/C15H26N2O5/c1-5-9(3)12(16-15(21)22-4)13(18)17-10(6-2)7-8-11(17)14(19)20/h9-12H,5-8H2,1-4H3,(H,16,21)(H,19,20)/t9-,10-,11-,12-/m0/s1. The number of carboxylic acids is 1. The molecule has 0 aromatic heterocycles. The third kappa shape index (κ3) is 3.90. The Morgan fingerprint density at radius 1 is 1.32 bits per heavy atom. The van der Waals surface area contributed by atoms with Gasteiger partial charge >= 0.3 is 12.1 Å². The highest BCUT2D eigenvalue weighted by Gasteiger charge is 2.43. The van der Waals surface area contributed by atoms with Crippen molar-refractivity contribution >= 4 is 18.0 Å². The van der Waals surface area contributed by atoms with Crippen LogP contribution in [0.2, 0.25) is 0 Å². The summed E-state index contributed by atoms with van der Waals surface area (Å²) in [5.41, 5.74) is 0. The molecule has 1 aliphatic rings. The van der Waals surface area contributed by atoms with E-state index in [0.717, 1.165) is 0 Å². The third-order valence-electron chi connectivity index (χ3n) is 4.45. The van der Waals surface area contributed by atoms with E-state index in [9.17, 15) is 19.5 Å². The molecule has 126 valence electrons. The largest absolute Gasteiger partial charge is 0.480 e. The molecule has 0 saturated carbocycles. The van der Waals surface area contributed by atoms with Gasteiger partial charge in [0.05, 0.1) is 7.11 Å². The minimum atomic E-state index is -0.995. The number of carbonyl (C=O) groups is 3. The van der Waals surface area contributed by atoms with Crippen LogP contribution in [-0.4, -0.2) is 53.2 Å². The second-order valence-corrected chi connectivity index (χ2v) is 5.74. The Morgan fingerprint density at radius 2 is 1.95 bits per heavy atom. The van der Waals surface area contributed by atoms with Gasteiger partial charge in [0.25, 0.3) is 0 Å². The molecule has 0 unspecified atom stereocenters. The van der Waals surface area contributed by atoms with Crippen molar-refractivity contribution in [3.63, 3.8) is 0 Å². The zero-order chi connectivity index (χ0) is 16.9. The number of carbonyl (C=O) groups excluding carboxylic acids is 2. The predicted molar refractivity (Wildman–Crippen MR) is 80.4 cm³/mol. The minimum Gasteiger partial charge on any atom is -0.480 e. The first-order chi connectivity index (χ1) is 10.4. The summed E-state index contributed by atoms with van der Waals surface area (Å²) >= 11 is 0. The molecule has 2 amide bonds. The van der Waals surface area contributed by atoms with Crippen molar-refractivity contribution < 1.29 is 24.2 Å². The second kappa shape index (κ2) is 8.00. The average molecular weight is 314 g/mol. The molecule has 1 heterocycles. The van der Waals surface area contributed by atoms with Gasteiger partial charge in [0.2, 0.25) is 5.91 Å². The van der Waals surface area contributed by atoms with E-state index in [1.54, 1.807) is 0 Å². The van der Waals surface area contributed by atoms with Gasteiger partial charge in [-0.1, -0.05) is 27.2 Å². The van der Waals surface area contributed by atoms with Crippen LogP contribution in [0.5, 0.6) is 0 Å². The van der Waals surface area contributed by atoms with Crippen molar-refractivity contribution in [1.82, 2.24) is 10.2 Å². The molecule has 2 N–H and O–H groups in total. The average Bonchev–Trinajstić information content (AvgIpc) is 2.94. The SMILES string of the molecule is CC[C@H]1CC[C@@H](C(=O)O)N1C(=O)[C@@H](NC(=O)OC)[C@@H](C)CC. The highest BCUT2D eigenvalue weighted by Crippen LogP contribution is 2.28. The Balaban J connectivity index is 3.03. The van der Waals surface area contributed by atoms with E-state index in [0.29, 0.717) is 25.7 Å². The quantitative estimate of drug-likeness (QED) is 0.776. The van der Waals surface area contributed by atoms with E-state index in [4.69, 9.17) is 0 Å². The van der Waals surface area contributed by atoms with Crippen LogP contribution in [0.3, 0.4) is 0 Å². The number of rotatable bonds is 6.